The van der Waals surface area contributed by atoms with Crippen LogP contribution in [-0.4, -0.2) is 29.5 Å². The highest BCUT2D eigenvalue weighted by Gasteiger charge is 2.25. The lowest BCUT2D eigenvalue weighted by Gasteiger charge is -2.29. The van der Waals surface area contributed by atoms with Gasteiger partial charge in [0.15, 0.2) is 0 Å². The maximum absolute atomic E-state index is 13.9. The first-order chi connectivity index (χ1) is 18.0. The maximum atomic E-state index is 13.9. The number of H-pyrrole nitrogens is 1. The number of benzene rings is 2. The second-order valence-electron chi connectivity index (χ2n) is 9.73. The fourth-order valence-electron chi connectivity index (χ4n) is 5.53. The number of aromatic nitrogens is 2. The van der Waals surface area contributed by atoms with E-state index in [2.05, 4.69) is 21.4 Å². The number of rotatable bonds is 6. The Kier molecular flexibility index (Phi) is 6.91. The van der Waals surface area contributed by atoms with Crippen LogP contribution < -0.4 is 10.1 Å². The lowest BCUT2D eigenvalue weighted by molar-refractivity contribution is 0.0943. The van der Waals surface area contributed by atoms with Gasteiger partial charge in [0, 0.05) is 29.4 Å². The fraction of sp³-hybridized carbons (Fsp3) is 0.300. The highest BCUT2D eigenvalue weighted by molar-refractivity contribution is 6.01. The lowest BCUT2D eigenvalue weighted by atomic mass is 9.78. The summed E-state index contributed by atoms with van der Waals surface area (Å²) in [4.78, 5) is 20.9. The van der Waals surface area contributed by atoms with Gasteiger partial charge in [-0.25, -0.2) is 4.39 Å². The molecule has 0 radical (unpaired) electrons. The largest absolute Gasteiger partial charge is 0.495 e. The minimum absolute atomic E-state index is 0.151. The summed E-state index contributed by atoms with van der Waals surface area (Å²) >= 11 is 0. The molecule has 1 saturated carbocycles. The zero-order valence-corrected chi connectivity index (χ0v) is 21.0. The number of amides is 1. The molecular formula is C30H29FN4O2. The predicted molar refractivity (Wildman–Crippen MR) is 141 cm³/mol. The van der Waals surface area contributed by atoms with Crippen LogP contribution in [0.1, 0.15) is 58.8 Å². The van der Waals surface area contributed by atoms with Gasteiger partial charge in [0.1, 0.15) is 17.6 Å². The van der Waals surface area contributed by atoms with Crippen LogP contribution in [0.3, 0.4) is 0 Å². The molecule has 1 aliphatic carbocycles. The van der Waals surface area contributed by atoms with Crippen molar-refractivity contribution in [3.05, 3.63) is 82.9 Å². The van der Waals surface area contributed by atoms with Crippen molar-refractivity contribution in [1.29, 1.82) is 5.26 Å². The van der Waals surface area contributed by atoms with E-state index in [-0.39, 0.29) is 11.7 Å². The molecule has 0 aliphatic heterocycles. The summed E-state index contributed by atoms with van der Waals surface area (Å²) in [6.07, 6.45) is 5.76. The summed E-state index contributed by atoms with van der Waals surface area (Å²) in [7, 11) is 1.52. The Morgan fingerprint density at radius 1 is 1.19 bits per heavy atom. The molecule has 0 saturated heterocycles. The van der Waals surface area contributed by atoms with Crippen molar-refractivity contribution in [1.82, 2.24) is 15.3 Å². The molecule has 1 fully saturated rings. The highest BCUT2D eigenvalue weighted by Crippen LogP contribution is 2.39. The predicted octanol–water partition coefficient (Wildman–Crippen LogP) is 6.26. The molecule has 6 nitrogen and oxygen atoms in total. The minimum atomic E-state index is -0.241. The summed E-state index contributed by atoms with van der Waals surface area (Å²) in [5.41, 5.74) is 5.11. The molecule has 0 bridgehead atoms. The molecule has 5 rings (SSSR count). The third-order valence-corrected chi connectivity index (χ3v) is 7.38. The first-order valence-corrected chi connectivity index (χ1v) is 12.6. The monoisotopic (exact) mass is 496 g/mol. The Labute approximate surface area is 215 Å². The summed E-state index contributed by atoms with van der Waals surface area (Å²) in [6.45, 7) is 2.49. The highest BCUT2D eigenvalue weighted by atomic mass is 19.1. The van der Waals surface area contributed by atoms with Gasteiger partial charge in [0.05, 0.1) is 29.4 Å². The Morgan fingerprint density at radius 3 is 2.76 bits per heavy atom. The van der Waals surface area contributed by atoms with Crippen LogP contribution in [0.4, 0.5) is 4.39 Å². The Morgan fingerprint density at radius 2 is 2.00 bits per heavy atom. The number of hydrogen-bond donors (Lipinski definition) is 2. The average Bonchev–Trinajstić information content (AvgIpc) is 3.32. The number of para-hydroxylation sites is 1. The van der Waals surface area contributed by atoms with Gasteiger partial charge >= 0.3 is 0 Å². The van der Waals surface area contributed by atoms with E-state index in [9.17, 15) is 14.4 Å². The summed E-state index contributed by atoms with van der Waals surface area (Å²) in [5.74, 6) is 0.793. The summed E-state index contributed by atoms with van der Waals surface area (Å²) in [5, 5.41) is 13.5. The number of hydrogen-bond acceptors (Lipinski definition) is 4. The van der Waals surface area contributed by atoms with Gasteiger partial charge in [-0.05, 0) is 92.5 Å². The molecule has 0 unspecified atom stereocenters. The van der Waals surface area contributed by atoms with E-state index < -0.39 is 0 Å². The maximum Gasteiger partial charge on any atom is 0.253 e. The number of aromatic amines is 1. The van der Waals surface area contributed by atoms with Crippen molar-refractivity contribution in [2.45, 2.75) is 38.5 Å². The zero-order chi connectivity index (χ0) is 25.9. The second kappa shape index (κ2) is 10.4. The van der Waals surface area contributed by atoms with Crippen molar-refractivity contribution >= 4 is 16.8 Å². The molecule has 2 aromatic heterocycles. The van der Waals surface area contributed by atoms with Crippen molar-refractivity contribution in [2.24, 2.45) is 5.92 Å². The Bertz CT molecular complexity index is 1500. The molecule has 7 heteroatoms. The van der Waals surface area contributed by atoms with E-state index in [0.29, 0.717) is 46.5 Å². The SMILES string of the molecule is COc1c(C#N)cccc1-c1[nH]c(C)cc1C(=O)NCC1CCC(c2ccnc3ccc(F)cc23)CC1. The number of fused-ring (bicyclic) bond motifs is 1. The quantitative estimate of drug-likeness (QED) is 0.330. The van der Waals surface area contributed by atoms with E-state index in [0.717, 1.165) is 47.8 Å². The Hall–Kier alpha value is -4.18. The van der Waals surface area contributed by atoms with Crippen LogP contribution in [0.15, 0.2) is 54.7 Å². The first-order valence-electron chi connectivity index (χ1n) is 12.6. The number of nitrogens with zero attached hydrogens (tertiary/aromatic N) is 2. The third kappa shape index (κ3) is 4.92. The van der Waals surface area contributed by atoms with Gasteiger partial charge < -0.3 is 15.0 Å². The standard InChI is InChI=1S/C30H29FN4O2/c1-18-14-26(28(35-18)24-5-3-4-21(16-32)29(24)37-2)30(36)34-17-19-6-8-20(9-7-19)23-12-13-33-27-11-10-22(31)15-25(23)27/h3-5,10-15,19-20,35H,6-9,17H2,1-2H3,(H,34,36). The molecule has 1 amide bonds. The molecule has 4 aromatic rings. The number of methoxy groups -OCH3 is 1. The molecule has 188 valence electrons. The average molecular weight is 497 g/mol. The first kappa shape index (κ1) is 24.5. The lowest BCUT2D eigenvalue weighted by Crippen LogP contribution is -2.31. The van der Waals surface area contributed by atoms with Crippen LogP contribution in [0.2, 0.25) is 0 Å². The van der Waals surface area contributed by atoms with Gasteiger partial charge in [-0.2, -0.15) is 5.26 Å². The number of nitriles is 1. The number of ether oxygens (including phenoxy) is 1. The van der Waals surface area contributed by atoms with Gasteiger partial charge in [-0.3, -0.25) is 9.78 Å². The van der Waals surface area contributed by atoms with Crippen LogP contribution in [-0.2, 0) is 0 Å². The third-order valence-electron chi connectivity index (χ3n) is 7.38. The Balaban J connectivity index is 1.26. The smallest absolute Gasteiger partial charge is 0.253 e. The molecular weight excluding hydrogens is 467 g/mol. The van der Waals surface area contributed by atoms with Crippen LogP contribution >= 0.6 is 0 Å². The fourth-order valence-corrected chi connectivity index (χ4v) is 5.53. The minimum Gasteiger partial charge on any atom is -0.495 e. The van der Waals surface area contributed by atoms with E-state index in [4.69, 9.17) is 4.74 Å². The topological polar surface area (TPSA) is 90.8 Å². The number of nitrogens with one attached hydrogen (secondary N) is 2. The molecule has 37 heavy (non-hydrogen) atoms. The van der Waals surface area contributed by atoms with Crippen molar-refractivity contribution < 1.29 is 13.9 Å². The summed E-state index contributed by atoms with van der Waals surface area (Å²) in [6, 6.07) is 16.1. The molecule has 0 spiro atoms. The van der Waals surface area contributed by atoms with Gasteiger partial charge in [-0.15, -0.1) is 0 Å². The number of pyridine rings is 1. The zero-order valence-electron chi connectivity index (χ0n) is 21.0. The number of aryl methyl sites for hydroxylation is 1. The van der Waals surface area contributed by atoms with E-state index in [1.54, 1.807) is 30.5 Å². The molecule has 0 atom stereocenters. The normalized spacial score (nSPS) is 17.4. The van der Waals surface area contributed by atoms with Crippen molar-refractivity contribution in [2.75, 3.05) is 13.7 Å². The molecule has 2 N–H and O–H groups in total. The molecule has 1 aliphatic rings. The van der Waals surface area contributed by atoms with Crippen LogP contribution in [0, 0.1) is 30.0 Å². The van der Waals surface area contributed by atoms with Crippen molar-refractivity contribution in [3.8, 4) is 23.1 Å². The van der Waals surface area contributed by atoms with Gasteiger partial charge in [0.25, 0.3) is 5.91 Å². The van der Waals surface area contributed by atoms with Crippen LogP contribution in [0.25, 0.3) is 22.2 Å². The van der Waals surface area contributed by atoms with Crippen LogP contribution in [0.5, 0.6) is 5.75 Å². The molecule has 2 aromatic carbocycles. The van der Waals surface area contributed by atoms with Gasteiger partial charge in [-0.1, -0.05) is 6.07 Å². The van der Waals surface area contributed by atoms with E-state index in [1.165, 1.54) is 13.2 Å². The molecule has 2 heterocycles. The number of carbonyl (C=O) groups is 1. The number of carbonyl (C=O) groups excluding carboxylic acids is 1. The summed E-state index contributed by atoms with van der Waals surface area (Å²) < 4.78 is 19.4. The second-order valence-corrected chi connectivity index (χ2v) is 9.73. The van der Waals surface area contributed by atoms with E-state index in [1.807, 2.05) is 25.1 Å². The van der Waals surface area contributed by atoms with E-state index >= 15 is 0 Å². The van der Waals surface area contributed by atoms with Crippen molar-refractivity contribution in [3.63, 3.8) is 0 Å². The number of halogens is 1. The van der Waals surface area contributed by atoms with Gasteiger partial charge in [0.2, 0.25) is 0 Å².